The lowest BCUT2D eigenvalue weighted by molar-refractivity contribution is -0.140. The molecule has 2 aromatic rings. The third-order valence-electron chi connectivity index (χ3n) is 2.91. The largest absolute Gasteiger partial charge is 0.419 e. The molecule has 0 saturated carbocycles. The van der Waals surface area contributed by atoms with E-state index in [-0.39, 0.29) is 5.56 Å². The summed E-state index contributed by atoms with van der Waals surface area (Å²) in [5.74, 6) is -1.31. The summed E-state index contributed by atoms with van der Waals surface area (Å²) in [5.41, 5.74) is 6.06. The highest BCUT2D eigenvalue weighted by molar-refractivity contribution is 5.34. The summed E-state index contributed by atoms with van der Waals surface area (Å²) in [6.45, 7) is 1.82. The minimum Gasteiger partial charge on any atom is -0.319 e. The first kappa shape index (κ1) is 14.5. The van der Waals surface area contributed by atoms with Gasteiger partial charge in [-0.15, -0.1) is 0 Å². The van der Waals surface area contributed by atoms with E-state index in [9.17, 15) is 17.6 Å². The van der Waals surface area contributed by atoms with Crippen molar-refractivity contribution < 1.29 is 17.6 Å². The Kier molecular flexibility index (Phi) is 3.76. The molecule has 1 aromatic carbocycles. The van der Waals surface area contributed by atoms with Crippen LogP contribution in [0.4, 0.5) is 17.6 Å². The van der Waals surface area contributed by atoms with Crippen molar-refractivity contribution in [1.29, 1.82) is 0 Å². The number of pyridine rings is 1. The molecule has 1 atom stereocenters. The molecular formula is C14H12F4N2. The number of hydrogen-bond acceptors (Lipinski definition) is 2. The van der Waals surface area contributed by atoms with Gasteiger partial charge in [-0.3, -0.25) is 4.98 Å². The summed E-state index contributed by atoms with van der Waals surface area (Å²) in [6, 6.07) is 5.33. The molecule has 0 aliphatic rings. The lowest BCUT2D eigenvalue weighted by Crippen LogP contribution is -2.16. The van der Waals surface area contributed by atoms with Gasteiger partial charge >= 0.3 is 6.18 Å². The van der Waals surface area contributed by atoms with E-state index in [0.29, 0.717) is 5.69 Å². The lowest BCUT2D eigenvalue weighted by atomic mass is 10.0. The highest BCUT2D eigenvalue weighted by Gasteiger charge is 2.34. The van der Waals surface area contributed by atoms with Gasteiger partial charge in [0.1, 0.15) is 5.82 Å². The number of aryl methyl sites for hydroxylation is 1. The fourth-order valence-corrected chi connectivity index (χ4v) is 1.85. The molecular weight excluding hydrogens is 272 g/mol. The molecule has 0 bridgehead atoms. The second-order valence-corrected chi connectivity index (χ2v) is 4.47. The summed E-state index contributed by atoms with van der Waals surface area (Å²) in [5, 5.41) is 0. The van der Waals surface area contributed by atoms with Gasteiger partial charge in [0.05, 0.1) is 17.3 Å². The fourth-order valence-electron chi connectivity index (χ4n) is 1.85. The van der Waals surface area contributed by atoms with E-state index in [1.54, 1.807) is 12.1 Å². The van der Waals surface area contributed by atoms with Crippen molar-refractivity contribution in [2.24, 2.45) is 5.73 Å². The molecule has 6 heteroatoms. The Labute approximate surface area is 113 Å². The molecule has 0 saturated heterocycles. The van der Waals surface area contributed by atoms with Crippen LogP contribution in [0.5, 0.6) is 0 Å². The van der Waals surface area contributed by atoms with Crippen molar-refractivity contribution in [3.63, 3.8) is 0 Å². The molecule has 0 aliphatic heterocycles. The minimum atomic E-state index is -4.75. The molecule has 1 aromatic heterocycles. The zero-order valence-corrected chi connectivity index (χ0v) is 10.6. The van der Waals surface area contributed by atoms with Crippen molar-refractivity contribution in [3.05, 3.63) is 64.7 Å². The molecule has 2 rings (SSSR count). The van der Waals surface area contributed by atoms with Crippen LogP contribution in [0, 0.1) is 12.7 Å². The third kappa shape index (κ3) is 2.96. The average Bonchev–Trinajstić information content (AvgIpc) is 2.37. The maximum Gasteiger partial charge on any atom is 0.419 e. The molecule has 0 spiro atoms. The van der Waals surface area contributed by atoms with Gasteiger partial charge in [-0.2, -0.15) is 13.2 Å². The van der Waals surface area contributed by atoms with Gasteiger partial charge in [0.15, 0.2) is 0 Å². The monoisotopic (exact) mass is 284 g/mol. The molecule has 0 aliphatic carbocycles. The second-order valence-electron chi connectivity index (χ2n) is 4.47. The summed E-state index contributed by atoms with van der Waals surface area (Å²) in [6.07, 6.45) is -3.22. The van der Waals surface area contributed by atoms with Crippen LogP contribution in [0.25, 0.3) is 0 Å². The van der Waals surface area contributed by atoms with Gasteiger partial charge in [0.2, 0.25) is 0 Å². The van der Waals surface area contributed by atoms with Crippen LogP contribution in [0.15, 0.2) is 36.5 Å². The number of nitrogens with zero attached hydrogens (tertiary/aromatic N) is 1. The Bertz CT molecular complexity index is 623. The Hall–Kier alpha value is -1.95. The van der Waals surface area contributed by atoms with Crippen LogP contribution >= 0.6 is 0 Å². The topological polar surface area (TPSA) is 38.9 Å². The van der Waals surface area contributed by atoms with Crippen molar-refractivity contribution in [2.75, 3.05) is 0 Å². The minimum absolute atomic E-state index is 0.164. The molecule has 0 radical (unpaired) electrons. The van der Waals surface area contributed by atoms with E-state index >= 15 is 0 Å². The fraction of sp³-hybridized carbons (Fsp3) is 0.214. The third-order valence-corrected chi connectivity index (χ3v) is 2.91. The van der Waals surface area contributed by atoms with Crippen molar-refractivity contribution in [1.82, 2.24) is 4.98 Å². The summed E-state index contributed by atoms with van der Waals surface area (Å²) < 4.78 is 51.2. The number of alkyl halides is 3. The average molecular weight is 284 g/mol. The normalized spacial score (nSPS) is 13.3. The van der Waals surface area contributed by atoms with Crippen molar-refractivity contribution in [2.45, 2.75) is 19.1 Å². The Morgan fingerprint density at radius 1 is 1.15 bits per heavy atom. The van der Waals surface area contributed by atoms with E-state index in [1.807, 2.05) is 6.92 Å². The smallest absolute Gasteiger partial charge is 0.319 e. The van der Waals surface area contributed by atoms with Crippen LogP contribution in [-0.4, -0.2) is 4.98 Å². The summed E-state index contributed by atoms with van der Waals surface area (Å²) in [7, 11) is 0. The quantitative estimate of drug-likeness (QED) is 0.856. The van der Waals surface area contributed by atoms with Crippen LogP contribution in [0.3, 0.4) is 0 Å². The number of rotatable bonds is 2. The van der Waals surface area contributed by atoms with E-state index in [4.69, 9.17) is 5.73 Å². The SMILES string of the molecule is Cc1ccnc(C(N)c2ccc(F)c(C(F)(F)F)c2)c1. The van der Waals surface area contributed by atoms with Crippen LogP contribution in [0.1, 0.15) is 28.4 Å². The summed E-state index contributed by atoms with van der Waals surface area (Å²) >= 11 is 0. The molecule has 0 amide bonds. The van der Waals surface area contributed by atoms with Gasteiger partial charge in [0, 0.05) is 6.20 Å². The molecule has 1 heterocycles. The Balaban J connectivity index is 2.43. The maximum atomic E-state index is 13.2. The molecule has 106 valence electrons. The van der Waals surface area contributed by atoms with E-state index in [0.717, 1.165) is 17.7 Å². The molecule has 20 heavy (non-hydrogen) atoms. The summed E-state index contributed by atoms with van der Waals surface area (Å²) in [4.78, 5) is 4.03. The number of benzene rings is 1. The zero-order valence-electron chi connectivity index (χ0n) is 10.6. The maximum absolute atomic E-state index is 13.2. The van der Waals surface area contributed by atoms with Gasteiger partial charge < -0.3 is 5.73 Å². The van der Waals surface area contributed by atoms with Crippen LogP contribution in [-0.2, 0) is 6.18 Å². The van der Waals surface area contributed by atoms with Crippen LogP contribution in [0.2, 0.25) is 0 Å². The van der Waals surface area contributed by atoms with E-state index < -0.39 is 23.6 Å². The van der Waals surface area contributed by atoms with E-state index in [1.165, 1.54) is 12.3 Å². The van der Waals surface area contributed by atoms with Gasteiger partial charge in [-0.1, -0.05) is 6.07 Å². The molecule has 2 nitrogen and oxygen atoms in total. The molecule has 0 fully saturated rings. The first-order valence-corrected chi connectivity index (χ1v) is 5.84. The number of nitrogens with two attached hydrogens (primary N) is 1. The van der Waals surface area contributed by atoms with E-state index in [2.05, 4.69) is 4.98 Å². The van der Waals surface area contributed by atoms with Gasteiger partial charge in [0.25, 0.3) is 0 Å². The number of hydrogen-bond donors (Lipinski definition) is 1. The van der Waals surface area contributed by atoms with Gasteiger partial charge in [-0.05, 0) is 42.3 Å². The number of aromatic nitrogens is 1. The highest BCUT2D eigenvalue weighted by Crippen LogP contribution is 2.33. The molecule has 1 unspecified atom stereocenters. The first-order valence-electron chi connectivity index (χ1n) is 5.84. The lowest BCUT2D eigenvalue weighted by Gasteiger charge is -2.15. The van der Waals surface area contributed by atoms with Crippen LogP contribution < -0.4 is 5.73 Å². The number of halogens is 4. The van der Waals surface area contributed by atoms with Crippen molar-refractivity contribution in [3.8, 4) is 0 Å². The molecule has 2 N–H and O–H groups in total. The highest BCUT2D eigenvalue weighted by atomic mass is 19.4. The zero-order chi connectivity index (χ0) is 14.9. The van der Waals surface area contributed by atoms with Gasteiger partial charge in [-0.25, -0.2) is 4.39 Å². The standard InChI is InChI=1S/C14H12F4N2/c1-8-4-5-20-12(6-8)13(19)9-2-3-11(15)10(7-9)14(16,17)18/h2-7,13H,19H2,1H3. The predicted molar refractivity (Wildman–Crippen MR) is 66.4 cm³/mol. The van der Waals surface area contributed by atoms with Crippen molar-refractivity contribution >= 4 is 0 Å². The first-order chi connectivity index (χ1) is 9.29. The Morgan fingerprint density at radius 2 is 1.85 bits per heavy atom. The predicted octanol–water partition coefficient (Wildman–Crippen LogP) is 3.60. The Morgan fingerprint density at radius 3 is 2.45 bits per heavy atom. The second kappa shape index (κ2) is 5.20.